The standard InChI is InChI=1S/C16H10FN3O2.C10H7N3O2/c17-12-3-1-2-11(7-12)14-8-16(21)22-15-6-10(9-19-20-18)4-5-13(14)15;11-13-12-6-8-5-7-3-1-2-4-9(7)15-10(8)14/h1-8H,9H2;1-5H,6H2. The summed E-state index contributed by atoms with van der Waals surface area (Å²) in [4.78, 5) is 28.4. The van der Waals surface area contributed by atoms with Crippen molar-refractivity contribution in [2.24, 2.45) is 10.2 Å². The zero-order chi connectivity index (χ0) is 26.2. The highest BCUT2D eigenvalue weighted by Crippen LogP contribution is 2.28. The van der Waals surface area contributed by atoms with Crippen molar-refractivity contribution >= 4 is 21.9 Å². The number of rotatable bonds is 5. The van der Waals surface area contributed by atoms with Crippen molar-refractivity contribution in [1.82, 2.24) is 0 Å². The van der Waals surface area contributed by atoms with Gasteiger partial charge in [0.1, 0.15) is 17.0 Å². The zero-order valence-electron chi connectivity index (χ0n) is 19.1. The largest absolute Gasteiger partial charge is 0.423 e. The number of hydrogen-bond donors (Lipinski definition) is 0. The van der Waals surface area contributed by atoms with Gasteiger partial charge in [-0.25, -0.2) is 14.0 Å². The second kappa shape index (κ2) is 11.4. The third-order valence-electron chi connectivity index (χ3n) is 5.28. The Morgan fingerprint density at radius 1 is 0.784 bits per heavy atom. The Morgan fingerprint density at radius 3 is 2.35 bits per heavy atom. The molecule has 11 heteroatoms. The van der Waals surface area contributed by atoms with Crippen molar-refractivity contribution in [1.29, 1.82) is 0 Å². The average Bonchev–Trinajstić information content (AvgIpc) is 2.90. The van der Waals surface area contributed by atoms with Gasteiger partial charge in [0.25, 0.3) is 0 Å². The molecule has 0 atom stereocenters. The second-order valence-electron chi connectivity index (χ2n) is 7.69. The molecule has 0 N–H and O–H groups in total. The van der Waals surface area contributed by atoms with Gasteiger partial charge in [0, 0.05) is 32.2 Å². The molecule has 0 amide bonds. The molecule has 182 valence electrons. The number of azide groups is 2. The highest BCUT2D eigenvalue weighted by molar-refractivity contribution is 5.93. The minimum absolute atomic E-state index is 0.0175. The fourth-order valence-electron chi connectivity index (χ4n) is 3.64. The van der Waals surface area contributed by atoms with Crippen molar-refractivity contribution in [3.8, 4) is 11.1 Å². The molecule has 5 rings (SSSR count). The molecule has 0 bridgehead atoms. The van der Waals surface area contributed by atoms with Crippen LogP contribution in [0.2, 0.25) is 0 Å². The third-order valence-corrected chi connectivity index (χ3v) is 5.28. The number of benzene rings is 3. The Kier molecular flexibility index (Phi) is 7.60. The van der Waals surface area contributed by atoms with Gasteiger partial charge in [-0.3, -0.25) is 0 Å². The molecule has 0 aliphatic carbocycles. The van der Waals surface area contributed by atoms with Gasteiger partial charge in [-0.15, -0.1) is 0 Å². The van der Waals surface area contributed by atoms with E-state index < -0.39 is 11.3 Å². The lowest BCUT2D eigenvalue weighted by atomic mass is 10.0. The van der Waals surface area contributed by atoms with E-state index in [1.54, 1.807) is 48.5 Å². The molecule has 0 aliphatic heterocycles. The van der Waals surface area contributed by atoms with Crippen LogP contribution in [0, 0.1) is 5.82 Å². The monoisotopic (exact) mass is 496 g/mol. The lowest BCUT2D eigenvalue weighted by Gasteiger charge is -2.07. The number of halogens is 1. The first-order chi connectivity index (χ1) is 18.0. The maximum Gasteiger partial charge on any atom is 0.339 e. The molecule has 0 saturated carbocycles. The Hall–Kier alpha value is -5.37. The van der Waals surface area contributed by atoms with Crippen LogP contribution < -0.4 is 11.3 Å². The van der Waals surface area contributed by atoms with E-state index in [4.69, 9.17) is 19.9 Å². The average molecular weight is 496 g/mol. The molecule has 0 aliphatic rings. The molecule has 2 heterocycles. The first-order valence-electron chi connectivity index (χ1n) is 10.8. The molecule has 5 aromatic rings. The molecular formula is C26H17FN6O4. The predicted molar refractivity (Wildman–Crippen MR) is 136 cm³/mol. The summed E-state index contributed by atoms with van der Waals surface area (Å²) >= 11 is 0. The highest BCUT2D eigenvalue weighted by Gasteiger charge is 2.09. The molecule has 0 saturated heterocycles. The van der Waals surface area contributed by atoms with Crippen molar-refractivity contribution in [2.75, 3.05) is 0 Å². The predicted octanol–water partition coefficient (Wildman–Crippen LogP) is 7.01. The minimum atomic E-state index is -0.521. The topological polar surface area (TPSA) is 158 Å². The van der Waals surface area contributed by atoms with Gasteiger partial charge in [-0.1, -0.05) is 52.7 Å². The van der Waals surface area contributed by atoms with Crippen molar-refractivity contribution in [3.05, 3.63) is 138 Å². The third kappa shape index (κ3) is 6.01. The molecule has 10 nitrogen and oxygen atoms in total. The summed E-state index contributed by atoms with van der Waals surface area (Å²) in [6, 6.07) is 21.4. The first kappa shape index (κ1) is 24.7. The number of hydrogen-bond acceptors (Lipinski definition) is 6. The lowest BCUT2D eigenvalue weighted by molar-refractivity contribution is 0.550. The van der Waals surface area contributed by atoms with Crippen LogP contribution in [0.4, 0.5) is 4.39 Å². The van der Waals surface area contributed by atoms with Crippen LogP contribution in [0.5, 0.6) is 0 Å². The summed E-state index contributed by atoms with van der Waals surface area (Å²) in [7, 11) is 0. The van der Waals surface area contributed by atoms with Gasteiger partial charge in [0.2, 0.25) is 0 Å². The van der Waals surface area contributed by atoms with E-state index in [-0.39, 0.29) is 18.9 Å². The lowest BCUT2D eigenvalue weighted by Crippen LogP contribution is -2.05. The maximum atomic E-state index is 13.4. The molecule has 0 radical (unpaired) electrons. The van der Waals surface area contributed by atoms with Gasteiger partial charge < -0.3 is 8.83 Å². The van der Waals surface area contributed by atoms with E-state index in [0.717, 1.165) is 10.9 Å². The molecule has 3 aromatic carbocycles. The maximum absolute atomic E-state index is 13.4. The van der Waals surface area contributed by atoms with Crippen molar-refractivity contribution < 1.29 is 13.2 Å². The Balaban J connectivity index is 0.000000186. The van der Waals surface area contributed by atoms with Crippen LogP contribution in [0.1, 0.15) is 11.1 Å². The summed E-state index contributed by atoms with van der Waals surface area (Å²) in [5, 5.41) is 8.31. The first-order valence-corrected chi connectivity index (χ1v) is 10.8. The fraction of sp³-hybridized carbons (Fsp3) is 0.0769. The van der Waals surface area contributed by atoms with Gasteiger partial charge in [-0.2, -0.15) is 0 Å². The minimum Gasteiger partial charge on any atom is -0.423 e. The quantitative estimate of drug-likeness (QED) is 0.111. The normalized spacial score (nSPS) is 10.2. The summed E-state index contributed by atoms with van der Waals surface area (Å²) in [6.45, 7) is 0.185. The Labute approximate surface area is 207 Å². The summed E-state index contributed by atoms with van der Waals surface area (Å²) < 4.78 is 23.7. The molecule has 0 fully saturated rings. The van der Waals surface area contributed by atoms with Crippen LogP contribution in [0.25, 0.3) is 54.0 Å². The second-order valence-corrected chi connectivity index (χ2v) is 7.69. The highest BCUT2D eigenvalue weighted by atomic mass is 19.1. The fourth-order valence-corrected chi connectivity index (χ4v) is 3.64. The Morgan fingerprint density at radius 2 is 1.57 bits per heavy atom. The van der Waals surface area contributed by atoms with Crippen LogP contribution in [-0.4, -0.2) is 0 Å². The summed E-state index contributed by atoms with van der Waals surface area (Å²) in [5.74, 6) is -0.376. The summed E-state index contributed by atoms with van der Waals surface area (Å²) in [6.07, 6.45) is 0. The molecule has 0 unspecified atom stereocenters. The molecule has 2 aromatic heterocycles. The van der Waals surface area contributed by atoms with E-state index >= 15 is 0 Å². The van der Waals surface area contributed by atoms with Crippen LogP contribution in [0.15, 0.2) is 108 Å². The van der Waals surface area contributed by atoms with Crippen molar-refractivity contribution in [2.45, 2.75) is 13.1 Å². The van der Waals surface area contributed by atoms with Crippen molar-refractivity contribution in [3.63, 3.8) is 0 Å². The van der Waals surface area contributed by atoms with Crippen LogP contribution in [-0.2, 0) is 13.1 Å². The Bertz CT molecular complexity index is 1820. The van der Waals surface area contributed by atoms with Gasteiger partial charge in [-0.05, 0) is 58.1 Å². The van der Waals surface area contributed by atoms with E-state index in [1.165, 1.54) is 18.2 Å². The van der Waals surface area contributed by atoms with E-state index in [2.05, 4.69) is 20.1 Å². The van der Waals surface area contributed by atoms with E-state index in [9.17, 15) is 14.0 Å². The SMILES string of the molecule is [N-]=[N+]=NCc1cc2ccccc2oc1=O.[N-]=[N+]=NCc1ccc2c(-c3cccc(F)c3)cc(=O)oc2c1. The smallest absolute Gasteiger partial charge is 0.339 e. The summed E-state index contributed by atoms with van der Waals surface area (Å²) in [5.41, 5.74) is 18.7. The molecular weight excluding hydrogens is 479 g/mol. The van der Waals surface area contributed by atoms with E-state index in [0.29, 0.717) is 33.2 Å². The van der Waals surface area contributed by atoms with Crippen LogP contribution >= 0.6 is 0 Å². The number of para-hydroxylation sites is 1. The molecule has 0 spiro atoms. The number of fused-ring (bicyclic) bond motifs is 2. The van der Waals surface area contributed by atoms with Gasteiger partial charge in [0.15, 0.2) is 0 Å². The van der Waals surface area contributed by atoms with Gasteiger partial charge >= 0.3 is 11.3 Å². The molecule has 37 heavy (non-hydrogen) atoms. The van der Waals surface area contributed by atoms with Gasteiger partial charge in [0.05, 0.1) is 13.1 Å². The van der Waals surface area contributed by atoms with E-state index in [1.807, 2.05) is 12.1 Å². The number of nitrogens with zero attached hydrogens (tertiary/aromatic N) is 6. The van der Waals surface area contributed by atoms with Crippen LogP contribution in [0.3, 0.4) is 0 Å². The zero-order valence-corrected chi connectivity index (χ0v) is 19.1.